The van der Waals surface area contributed by atoms with E-state index in [-0.39, 0.29) is 30.0 Å². The zero-order valence-corrected chi connectivity index (χ0v) is 20.6. The first-order valence-electron chi connectivity index (χ1n) is 10.9. The molecule has 4 rings (SSSR count). The molecule has 2 aliphatic heterocycles. The van der Waals surface area contributed by atoms with Crippen molar-refractivity contribution in [1.29, 1.82) is 0 Å². The Morgan fingerprint density at radius 2 is 1.59 bits per heavy atom. The molecule has 1 fully saturated rings. The summed E-state index contributed by atoms with van der Waals surface area (Å²) in [6.45, 7) is 6.31. The van der Waals surface area contributed by atoms with Crippen LogP contribution in [0.15, 0.2) is 47.6 Å². The molecule has 0 aromatic heterocycles. The highest BCUT2D eigenvalue weighted by molar-refractivity contribution is 6.41. The number of halogens is 3. The number of benzene rings is 2. The van der Waals surface area contributed by atoms with E-state index in [1.165, 1.54) is 6.42 Å². The SMILES string of the molecule is CC1C(C(=O)NN2[C@@H](C)CCC[C@@H]2C)=NN(c2ccc(Cl)cc2Cl)C1c1ccc(Cl)cc1. The van der Waals surface area contributed by atoms with E-state index < -0.39 is 0 Å². The number of rotatable bonds is 4. The molecule has 0 saturated carbocycles. The lowest BCUT2D eigenvalue weighted by molar-refractivity contribution is -0.122. The van der Waals surface area contributed by atoms with Crippen LogP contribution in [0.1, 0.15) is 51.6 Å². The van der Waals surface area contributed by atoms with Crippen molar-refractivity contribution < 1.29 is 4.79 Å². The lowest BCUT2D eigenvalue weighted by atomic mass is 9.91. The molecule has 170 valence electrons. The summed E-state index contributed by atoms with van der Waals surface area (Å²) in [5.41, 5.74) is 5.30. The second-order valence-corrected chi connectivity index (χ2v) is 9.97. The molecule has 2 aliphatic rings. The van der Waals surface area contributed by atoms with Crippen molar-refractivity contribution in [3.05, 3.63) is 63.1 Å². The highest BCUT2D eigenvalue weighted by Crippen LogP contribution is 2.42. The van der Waals surface area contributed by atoms with E-state index in [0.717, 1.165) is 18.4 Å². The first kappa shape index (κ1) is 23.4. The van der Waals surface area contributed by atoms with Crippen LogP contribution < -0.4 is 10.4 Å². The van der Waals surface area contributed by atoms with Crippen molar-refractivity contribution in [1.82, 2.24) is 10.4 Å². The van der Waals surface area contributed by atoms with Gasteiger partial charge in [0.05, 0.1) is 16.8 Å². The summed E-state index contributed by atoms with van der Waals surface area (Å²) in [5, 5.41) is 10.3. The van der Waals surface area contributed by atoms with Crippen LogP contribution in [0.3, 0.4) is 0 Å². The van der Waals surface area contributed by atoms with Crippen molar-refractivity contribution in [3.63, 3.8) is 0 Å². The number of hydrogen-bond donors (Lipinski definition) is 1. The third-order valence-corrected chi connectivity index (χ3v) is 7.20. The highest BCUT2D eigenvalue weighted by Gasteiger charge is 2.41. The monoisotopic (exact) mass is 492 g/mol. The van der Waals surface area contributed by atoms with Crippen molar-refractivity contribution in [3.8, 4) is 0 Å². The Hall–Kier alpha value is -1.79. The standard InChI is InChI=1S/C24H27Cl3N4O/c1-14-5-4-6-15(2)30(14)29-24(32)22-16(3)23(17-7-9-18(25)10-8-17)31(28-22)21-12-11-19(26)13-20(21)27/h7-16,23H,4-6H2,1-3H3,(H,29,32)/t14-,15-,16?,23?/m0/s1. The highest BCUT2D eigenvalue weighted by atomic mass is 35.5. The fraction of sp³-hybridized carbons (Fsp3) is 0.417. The van der Waals surface area contributed by atoms with Gasteiger partial charge in [0.15, 0.2) is 0 Å². The van der Waals surface area contributed by atoms with Crippen molar-refractivity contribution in [2.75, 3.05) is 5.01 Å². The molecule has 2 unspecified atom stereocenters. The van der Waals surface area contributed by atoms with Gasteiger partial charge in [-0.1, -0.05) is 60.3 Å². The number of piperidine rings is 1. The number of nitrogens with one attached hydrogen (secondary N) is 1. The number of hydrazone groups is 1. The van der Waals surface area contributed by atoms with Crippen LogP contribution >= 0.6 is 34.8 Å². The van der Waals surface area contributed by atoms with Gasteiger partial charge in [0.1, 0.15) is 5.71 Å². The molecular weight excluding hydrogens is 467 g/mol. The van der Waals surface area contributed by atoms with E-state index in [9.17, 15) is 4.79 Å². The maximum atomic E-state index is 13.4. The van der Waals surface area contributed by atoms with Gasteiger partial charge in [-0.2, -0.15) is 5.10 Å². The summed E-state index contributed by atoms with van der Waals surface area (Å²) in [5.74, 6) is -0.344. The van der Waals surface area contributed by atoms with Crippen molar-refractivity contribution in [2.24, 2.45) is 11.0 Å². The van der Waals surface area contributed by atoms with Gasteiger partial charge in [-0.3, -0.25) is 15.2 Å². The maximum Gasteiger partial charge on any atom is 0.282 e. The zero-order valence-electron chi connectivity index (χ0n) is 18.4. The number of carbonyl (C=O) groups is 1. The van der Waals surface area contributed by atoms with Crippen LogP contribution in [0.25, 0.3) is 0 Å². The largest absolute Gasteiger partial charge is 0.283 e. The summed E-state index contributed by atoms with van der Waals surface area (Å²) >= 11 is 18.8. The average Bonchev–Trinajstić information content (AvgIpc) is 3.08. The lowest BCUT2D eigenvalue weighted by Gasteiger charge is -2.38. The molecule has 2 aromatic rings. The van der Waals surface area contributed by atoms with E-state index in [0.29, 0.717) is 26.5 Å². The van der Waals surface area contributed by atoms with Crippen LogP contribution in [0.2, 0.25) is 15.1 Å². The van der Waals surface area contributed by atoms with E-state index in [4.69, 9.17) is 39.9 Å². The summed E-state index contributed by atoms with van der Waals surface area (Å²) < 4.78 is 0. The van der Waals surface area contributed by atoms with E-state index in [2.05, 4.69) is 24.3 Å². The Bertz CT molecular complexity index is 1020. The van der Waals surface area contributed by atoms with Gasteiger partial charge < -0.3 is 0 Å². The molecule has 5 nitrogen and oxygen atoms in total. The molecule has 0 bridgehead atoms. The molecule has 0 spiro atoms. The third-order valence-electron chi connectivity index (χ3n) is 6.41. The first-order chi connectivity index (χ1) is 15.3. The van der Waals surface area contributed by atoms with Crippen molar-refractivity contribution in [2.45, 2.75) is 58.2 Å². The van der Waals surface area contributed by atoms with Gasteiger partial charge >= 0.3 is 0 Å². The van der Waals surface area contributed by atoms with Gasteiger partial charge in [-0.05, 0) is 62.6 Å². The summed E-state index contributed by atoms with van der Waals surface area (Å²) in [6, 6.07) is 13.3. The molecule has 0 aliphatic carbocycles. The van der Waals surface area contributed by atoms with Gasteiger partial charge in [-0.15, -0.1) is 0 Å². The predicted octanol–water partition coefficient (Wildman–Crippen LogP) is 6.49. The Morgan fingerprint density at radius 3 is 2.22 bits per heavy atom. The van der Waals surface area contributed by atoms with Crippen LogP contribution in [0, 0.1) is 5.92 Å². The second kappa shape index (κ2) is 9.60. The van der Waals surface area contributed by atoms with Crippen molar-refractivity contribution >= 4 is 52.1 Å². The fourth-order valence-electron chi connectivity index (χ4n) is 4.66. The minimum absolute atomic E-state index is 0.168. The van der Waals surface area contributed by atoms with E-state index in [1.807, 2.05) is 42.3 Å². The quantitative estimate of drug-likeness (QED) is 0.529. The summed E-state index contributed by atoms with van der Waals surface area (Å²) in [7, 11) is 0. The molecule has 4 atom stereocenters. The van der Waals surface area contributed by atoms with Crippen LogP contribution in [-0.4, -0.2) is 28.7 Å². The molecule has 1 N–H and O–H groups in total. The van der Waals surface area contributed by atoms with Crippen LogP contribution in [0.4, 0.5) is 5.69 Å². The Balaban J connectivity index is 1.69. The summed E-state index contributed by atoms with van der Waals surface area (Å²) in [6.07, 6.45) is 3.30. The number of hydrazine groups is 1. The molecule has 1 amide bonds. The second-order valence-electron chi connectivity index (χ2n) is 8.69. The molecule has 2 aromatic carbocycles. The smallest absolute Gasteiger partial charge is 0.282 e. The average molecular weight is 494 g/mol. The van der Waals surface area contributed by atoms with Gasteiger partial charge in [-0.25, -0.2) is 5.01 Å². The molecule has 8 heteroatoms. The number of carbonyl (C=O) groups excluding carboxylic acids is 1. The molecular formula is C24H27Cl3N4O. The minimum atomic E-state index is -0.206. The number of hydrogen-bond acceptors (Lipinski definition) is 4. The van der Waals surface area contributed by atoms with Crippen LogP contribution in [0.5, 0.6) is 0 Å². The van der Waals surface area contributed by atoms with Gasteiger partial charge in [0.25, 0.3) is 5.91 Å². The predicted molar refractivity (Wildman–Crippen MR) is 132 cm³/mol. The summed E-state index contributed by atoms with van der Waals surface area (Å²) in [4.78, 5) is 13.4. The third kappa shape index (κ3) is 4.62. The maximum absolute atomic E-state index is 13.4. The van der Waals surface area contributed by atoms with Gasteiger partial charge in [0.2, 0.25) is 0 Å². The first-order valence-corrected chi connectivity index (χ1v) is 12.1. The number of anilines is 1. The Kier molecular flexibility index (Phi) is 7.01. The molecule has 32 heavy (non-hydrogen) atoms. The van der Waals surface area contributed by atoms with Gasteiger partial charge in [0, 0.05) is 28.0 Å². The molecule has 0 radical (unpaired) electrons. The van der Waals surface area contributed by atoms with E-state index >= 15 is 0 Å². The Morgan fingerprint density at radius 1 is 0.969 bits per heavy atom. The zero-order chi connectivity index (χ0) is 23.0. The minimum Gasteiger partial charge on any atom is -0.283 e. The Labute approximate surface area is 204 Å². The fourth-order valence-corrected chi connectivity index (χ4v) is 5.28. The molecule has 2 heterocycles. The van der Waals surface area contributed by atoms with E-state index in [1.54, 1.807) is 12.1 Å². The number of nitrogens with zero attached hydrogens (tertiary/aromatic N) is 3. The molecule has 1 saturated heterocycles. The van der Waals surface area contributed by atoms with Crippen LogP contribution in [-0.2, 0) is 4.79 Å². The topological polar surface area (TPSA) is 47.9 Å². The lowest BCUT2D eigenvalue weighted by Crippen LogP contribution is -2.56. The number of amides is 1. The normalized spacial score (nSPS) is 26.2.